The van der Waals surface area contributed by atoms with Crippen LogP contribution >= 0.6 is 11.8 Å². The van der Waals surface area contributed by atoms with E-state index in [1.807, 2.05) is 0 Å². The minimum Gasteiger partial charge on any atom is -0.375 e. The Morgan fingerprint density at radius 2 is 2.11 bits per heavy atom. The van der Waals surface area contributed by atoms with Crippen molar-refractivity contribution in [1.82, 2.24) is 5.32 Å². The Morgan fingerprint density at radius 3 is 2.78 bits per heavy atom. The third-order valence-electron chi connectivity index (χ3n) is 4.57. The standard InChI is InChI=1S/C15H29NOS/c1-3-5-14(16-4-2)13-6-9-17-15(12-13)7-10-18-11-8-15/h13-14,16H,3-12H2,1-2H3. The maximum absolute atomic E-state index is 6.20. The Balaban J connectivity index is 1.95. The third kappa shape index (κ3) is 3.64. The minimum absolute atomic E-state index is 0.246. The van der Waals surface area contributed by atoms with Crippen LogP contribution in [0.2, 0.25) is 0 Å². The van der Waals surface area contributed by atoms with Gasteiger partial charge < -0.3 is 10.1 Å². The quantitative estimate of drug-likeness (QED) is 0.827. The average Bonchev–Trinajstić information content (AvgIpc) is 2.39. The zero-order chi connectivity index (χ0) is 12.8. The molecule has 2 nitrogen and oxygen atoms in total. The molecular weight excluding hydrogens is 242 g/mol. The Labute approximate surface area is 117 Å². The highest BCUT2D eigenvalue weighted by Gasteiger charge is 2.40. The molecule has 0 bridgehead atoms. The van der Waals surface area contributed by atoms with Crippen molar-refractivity contribution in [3.8, 4) is 0 Å². The first-order valence-corrected chi connectivity index (χ1v) is 8.90. The van der Waals surface area contributed by atoms with Crippen molar-refractivity contribution in [3.63, 3.8) is 0 Å². The summed E-state index contributed by atoms with van der Waals surface area (Å²) in [6.07, 6.45) is 7.72. The second-order valence-corrected chi connectivity index (χ2v) is 7.07. The van der Waals surface area contributed by atoms with Crippen molar-refractivity contribution in [2.75, 3.05) is 24.7 Å². The summed E-state index contributed by atoms with van der Waals surface area (Å²) in [7, 11) is 0. The molecule has 18 heavy (non-hydrogen) atoms. The molecule has 2 heterocycles. The molecule has 2 aliphatic rings. The first-order valence-electron chi connectivity index (χ1n) is 7.75. The second-order valence-electron chi connectivity index (χ2n) is 5.85. The van der Waals surface area contributed by atoms with E-state index in [0.29, 0.717) is 0 Å². The van der Waals surface area contributed by atoms with E-state index in [1.54, 1.807) is 0 Å². The van der Waals surface area contributed by atoms with Crippen LogP contribution in [0, 0.1) is 5.92 Å². The molecular formula is C15H29NOS. The SMILES string of the molecule is CCCC(NCC)C1CCOC2(CCSCC2)C1. The second kappa shape index (κ2) is 7.16. The van der Waals surface area contributed by atoms with Gasteiger partial charge in [-0.15, -0.1) is 0 Å². The number of ether oxygens (including phenoxy) is 1. The van der Waals surface area contributed by atoms with Crippen LogP contribution in [-0.2, 0) is 4.74 Å². The van der Waals surface area contributed by atoms with Crippen molar-refractivity contribution in [3.05, 3.63) is 0 Å². The molecule has 0 amide bonds. The van der Waals surface area contributed by atoms with E-state index >= 15 is 0 Å². The molecule has 0 aromatic rings. The van der Waals surface area contributed by atoms with Gasteiger partial charge in [0.1, 0.15) is 0 Å². The van der Waals surface area contributed by atoms with Crippen LogP contribution in [0.3, 0.4) is 0 Å². The maximum Gasteiger partial charge on any atom is 0.0701 e. The van der Waals surface area contributed by atoms with Crippen LogP contribution < -0.4 is 5.32 Å². The number of rotatable bonds is 5. The molecule has 1 spiro atoms. The van der Waals surface area contributed by atoms with Gasteiger partial charge in [-0.25, -0.2) is 0 Å². The van der Waals surface area contributed by atoms with Crippen LogP contribution in [0.15, 0.2) is 0 Å². The van der Waals surface area contributed by atoms with Gasteiger partial charge in [-0.05, 0) is 56.1 Å². The van der Waals surface area contributed by atoms with Gasteiger partial charge in [0.2, 0.25) is 0 Å². The lowest BCUT2D eigenvalue weighted by Crippen LogP contribution is -2.48. The molecule has 0 aliphatic carbocycles. The van der Waals surface area contributed by atoms with Gasteiger partial charge >= 0.3 is 0 Å². The van der Waals surface area contributed by atoms with E-state index in [2.05, 4.69) is 30.9 Å². The van der Waals surface area contributed by atoms with Crippen LogP contribution in [0.25, 0.3) is 0 Å². The van der Waals surface area contributed by atoms with Crippen LogP contribution in [0.5, 0.6) is 0 Å². The van der Waals surface area contributed by atoms with E-state index in [1.165, 1.54) is 50.0 Å². The normalized spacial score (nSPS) is 29.3. The zero-order valence-electron chi connectivity index (χ0n) is 12.0. The molecule has 106 valence electrons. The Hall–Kier alpha value is 0.270. The fourth-order valence-corrected chi connectivity index (χ4v) is 4.82. The predicted molar refractivity (Wildman–Crippen MR) is 80.3 cm³/mol. The van der Waals surface area contributed by atoms with Crippen LogP contribution in [0.4, 0.5) is 0 Å². The molecule has 0 aromatic carbocycles. The van der Waals surface area contributed by atoms with E-state index in [9.17, 15) is 0 Å². The Kier molecular flexibility index (Phi) is 5.84. The minimum atomic E-state index is 0.246. The summed E-state index contributed by atoms with van der Waals surface area (Å²) in [5, 5.41) is 3.71. The first-order chi connectivity index (χ1) is 8.79. The van der Waals surface area contributed by atoms with Crippen LogP contribution in [0.1, 0.15) is 52.4 Å². The largest absolute Gasteiger partial charge is 0.375 e. The summed E-state index contributed by atoms with van der Waals surface area (Å²) in [6, 6.07) is 0.718. The maximum atomic E-state index is 6.20. The highest BCUT2D eigenvalue weighted by Crippen LogP contribution is 2.41. The smallest absolute Gasteiger partial charge is 0.0701 e. The van der Waals surface area contributed by atoms with Crippen molar-refractivity contribution in [2.45, 2.75) is 64.0 Å². The average molecular weight is 271 g/mol. The molecule has 1 N–H and O–H groups in total. The van der Waals surface area contributed by atoms with Gasteiger partial charge in [-0.1, -0.05) is 20.3 Å². The third-order valence-corrected chi connectivity index (χ3v) is 5.56. The number of hydrogen-bond acceptors (Lipinski definition) is 3. The summed E-state index contributed by atoms with van der Waals surface area (Å²) in [5.41, 5.74) is 0.246. The van der Waals surface area contributed by atoms with Crippen molar-refractivity contribution < 1.29 is 4.74 Å². The lowest BCUT2D eigenvalue weighted by molar-refractivity contribution is -0.107. The molecule has 0 saturated carbocycles. The summed E-state index contributed by atoms with van der Waals surface area (Å²) >= 11 is 2.10. The lowest BCUT2D eigenvalue weighted by atomic mass is 9.77. The Bertz CT molecular complexity index is 229. The highest BCUT2D eigenvalue weighted by atomic mass is 32.2. The van der Waals surface area contributed by atoms with E-state index < -0.39 is 0 Å². The highest BCUT2D eigenvalue weighted by molar-refractivity contribution is 7.99. The molecule has 2 rings (SSSR count). The molecule has 2 atom stereocenters. The Morgan fingerprint density at radius 1 is 1.33 bits per heavy atom. The van der Waals surface area contributed by atoms with Gasteiger partial charge in [0, 0.05) is 12.6 Å². The summed E-state index contributed by atoms with van der Waals surface area (Å²) in [5.74, 6) is 3.43. The van der Waals surface area contributed by atoms with Crippen LogP contribution in [-0.4, -0.2) is 36.3 Å². The van der Waals surface area contributed by atoms with Gasteiger partial charge in [-0.2, -0.15) is 11.8 Å². The first kappa shape index (κ1) is 14.7. The lowest BCUT2D eigenvalue weighted by Gasteiger charge is -2.45. The molecule has 2 aliphatic heterocycles. The molecule has 2 unspecified atom stereocenters. The van der Waals surface area contributed by atoms with Crippen molar-refractivity contribution >= 4 is 11.8 Å². The van der Waals surface area contributed by atoms with Gasteiger partial charge in [0.05, 0.1) is 5.60 Å². The summed E-state index contributed by atoms with van der Waals surface area (Å²) in [6.45, 7) is 6.62. The molecule has 3 heteroatoms. The predicted octanol–water partition coefficient (Wildman–Crippen LogP) is 3.46. The number of thioether (sulfide) groups is 1. The fraction of sp³-hybridized carbons (Fsp3) is 1.00. The van der Waals surface area contributed by atoms with Crippen molar-refractivity contribution in [1.29, 1.82) is 0 Å². The van der Waals surface area contributed by atoms with Gasteiger partial charge in [0.15, 0.2) is 0 Å². The number of nitrogens with one attached hydrogen (secondary N) is 1. The monoisotopic (exact) mass is 271 g/mol. The topological polar surface area (TPSA) is 21.3 Å². The molecule has 0 aromatic heterocycles. The zero-order valence-corrected chi connectivity index (χ0v) is 12.9. The van der Waals surface area contributed by atoms with Gasteiger partial charge in [-0.3, -0.25) is 0 Å². The molecule has 2 fully saturated rings. The molecule has 0 radical (unpaired) electrons. The summed E-state index contributed by atoms with van der Waals surface area (Å²) in [4.78, 5) is 0. The summed E-state index contributed by atoms with van der Waals surface area (Å²) < 4.78 is 6.20. The fourth-order valence-electron chi connectivity index (χ4n) is 3.58. The number of hydrogen-bond donors (Lipinski definition) is 1. The van der Waals surface area contributed by atoms with E-state index in [4.69, 9.17) is 4.74 Å². The van der Waals surface area contributed by atoms with E-state index in [0.717, 1.165) is 25.1 Å². The van der Waals surface area contributed by atoms with Gasteiger partial charge in [0.25, 0.3) is 0 Å². The molecule has 2 saturated heterocycles. The van der Waals surface area contributed by atoms with Crippen molar-refractivity contribution in [2.24, 2.45) is 5.92 Å². The van der Waals surface area contributed by atoms with E-state index in [-0.39, 0.29) is 5.60 Å².